The van der Waals surface area contributed by atoms with E-state index in [9.17, 15) is 29.2 Å². The number of nitriles is 1. The van der Waals surface area contributed by atoms with Crippen LogP contribution in [0.15, 0.2) is 54.7 Å². The number of likely N-dealkylation sites (tertiary alicyclic amines) is 1. The molecule has 286 valence electrons. The van der Waals surface area contributed by atoms with Gasteiger partial charge in [-0.25, -0.2) is 4.98 Å². The predicted molar refractivity (Wildman–Crippen MR) is 201 cm³/mol. The van der Waals surface area contributed by atoms with E-state index in [1.165, 1.54) is 11.1 Å². The zero-order valence-corrected chi connectivity index (χ0v) is 31.8. The summed E-state index contributed by atoms with van der Waals surface area (Å²) in [5.41, 5.74) is 4.91. The summed E-state index contributed by atoms with van der Waals surface area (Å²) < 4.78 is 12.4. The van der Waals surface area contributed by atoms with Crippen LogP contribution in [0.5, 0.6) is 11.5 Å². The summed E-state index contributed by atoms with van der Waals surface area (Å²) >= 11 is 6.25. The van der Waals surface area contributed by atoms with Gasteiger partial charge in [0, 0.05) is 62.2 Å². The predicted octanol–water partition coefficient (Wildman–Crippen LogP) is 3.90. The van der Waals surface area contributed by atoms with E-state index in [4.69, 9.17) is 26.8 Å². The number of amides is 5. The molecule has 2 saturated heterocycles. The summed E-state index contributed by atoms with van der Waals surface area (Å²) in [5.74, 6) is -0.985. The van der Waals surface area contributed by atoms with Crippen molar-refractivity contribution in [3.8, 4) is 17.6 Å². The van der Waals surface area contributed by atoms with Gasteiger partial charge in [0.25, 0.3) is 17.7 Å². The Hall–Kier alpha value is -5.52. The number of halogens is 1. The second-order valence-corrected chi connectivity index (χ2v) is 16.0. The average molecular weight is 768 g/mol. The third-order valence-electron chi connectivity index (χ3n) is 11.4. The molecule has 7 rings (SSSR count). The molecule has 15 heteroatoms. The molecule has 3 aromatic rings. The first-order valence-corrected chi connectivity index (χ1v) is 18.6. The highest BCUT2D eigenvalue weighted by Gasteiger charge is 2.68. The van der Waals surface area contributed by atoms with Crippen molar-refractivity contribution >= 4 is 47.0 Å². The number of nitrogens with two attached hydrogens (primary N) is 1. The van der Waals surface area contributed by atoms with E-state index in [0.29, 0.717) is 35.8 Å². The van der Waals surface area contributed by atoms with Gasteiger partial charge in [0.05, 0.1) is 33.3 Å². The Bertz CT molecular complexity index is 2110. The summed E-state index contributed by atoms with van der Waals surface area (Å²) in [6.45, 7) is 11.7. The molecule has 1 aliphatic carbocycles. The number of pyridine rings is 1. The summed E-state index contributed by atoms with van der Waals surface area (Å²) in [6, 6.07) is 13.3. The molecule has 0 bridgehead atoms. The van der Waals surface area contributed by atoms with Gasteiger partial charge in [0.1, 0.15) is 42.1 Å². The van der Waals surface area contributed by atoms with Crippen LogP contribution in [-0.4, -0.2) is 107 Å². The normalized spacial score (nSPS) is 23.3. The van der Waals surface area contributed by atoms with Crippen LogP contribution in [0.3, 0.4) is 0 Å². The second kappa shape index (κ2) is 14.3. The monoisotopic (exact) mass is 767 g/mol. The number of carbonyl (C=O) groups is 5. The van der Waals surface area contributed by atoms with Crippen LogP contribution in [0, 0.1) is 22.2 Å². The molecule has 1 aromatic heterocycles. The maximum atomic E-state index is 14.3. The van der Waals surface area contributed by atoms with Crippen molar-refractivity contribution in [3.63, 3.8) is 0 Å². The first-order chi connectivity index (χ1) is 26.1. The van der Waals surface area contributed by atoms with Crippen molar-refractivity contribution < 1.29 is 33.4 Å². The number of hydrogen-bond acceptors (Lipinski definition) is 11. The van der Waals surface area contributed by atoms with Crippen molar-refractivity contribution in [2.24, 2.45) is 16.6 Å². The van der Waals surface area contributed by atoms with Crippen LogP contribution in [0.1, 0.15) is 77.2 Å². The maximum absolute atomic E-state index is 14.3. The summed E-state index contributed by atoms with van der Waals surface area (Å²) in [5, 5.41) is 9.51. The molecule has 3 fully saturated rings. The average Bonchev–Trinajstić information content (AvgIpc) is 3.40. The third kappa shape index (κ3) is 6.65. The maximum Gasteiger partial charge on any atom is 0.262 e. The SMILES string of the molecule is CC1(C)C(Oc2ccc(C#N)c(Cl)c2)C(C)(C)C1N1C(=O)CCC(N2C(=O)c3ccc(OCCN4CCN(c5ccc(C(N)=O)cn5)CC4)cc3C2=O)C1=O. The van der Waals surface area contributed by atoms with Gasteiger partial charge in [0.15, 0.2) is 0 Å². The lowest BCUT2D eigenvalue weighted by Gasteiger charge is -2.65. The minimum absolute atomic E-state index is 0.00999. The first kappa shape index (κ1) is 37.8. The zero-order chi connectivity index (χ0) is 39.4. The highest BCUT2D eigenvalue weighted by Crippen LogP contribution is 2.58. The van der Waals surface area contributed by atoms with Gasteiger partial charge in [0.2, 0.25) is 11.8 Å². The first-order valence-electron chi connectivity index (χ1n) is 18.2. The number of aromatic nitrogens is 1. The Morgan fingerprint density at radius 3 is 2.25 bits per heavy atom. The minimum Gasteiger partial charge on any atom is -0.492 e. The molecule has 4 aliphatic rings. The van der Waals surface area contributed by atoms with Crippen LogP contribution in [-0.2, 0) is 9.59 Å². The molecule has 0 spiro atoms. The molecule has 1 saturated carbocycles. The molecule has 1 unspecified atom stereocenters. The number of nitrogens with zero attached hydrogens (tertiary/aromatic N) is 6. The number of anilines is 1. The van der Waals surface area contributed by atoms with Crippen LogP contribution < -0.4 is 20.1 Å². The molecule has 3 aliphatic heterocycles. The molecule has 0 radical (unpaired) electrons. The topological polar surface area (TPSA) is 179 Å². The van der Waals surface area contributed by atoms with E-state index in [1.807, 2.05) is 33.8 Å². The number of rotatable bonds is 10. The highest BCUT2D eigenvalue weighted by atomic mass is 35.5. The van der Waals surface area contributed by atoms with E-state index in [0.717, 1.165) is 36.9 Å². The Balaban J connectivity index is 0.976. The number of benzene rings is 2. The fourth-order valence-corrected chi connectivity index (χ4v) is 9.21. The van der Waals surface area contributed by atoms with Crippen molar-refractivity contribution in [2.45, 2.75) is 58.7 Å². The quantitative estimate of drug-likeness (QED) is 0.296. The second-order valence-electron chi connectivity index (χ2n) is 15.6. The number of fused-ring (bicyclic) bond motifs is 1. The van der Waals surface area contributed by atoms with Gasteiger partial charge in [-0.15, -0.1) is 0 Å². The molecule has 2 N–H and O–H groups in total. The molecular formula is C40H42ClN7O7. The molecule has 55 heavy (non-hydrogen) atoms. The van der Waals surface area contributed by atoms with E-state index in [1.54, 1.807) is 48.5 Å². The van der Waals surface area contributed by atoms with Crippen molar-refractivity contribution in [3.05, 3.63) is 82.0 Å². The Kier molecular flexibility index (Phi) is 9.81. The van der Waals surface area contributed by atoms with Gasteiger partial charge >= 0.3 is 0 Å². The number of ether oxygens (including phenoxy) is 2. The van der Waals surface area contributed by atoms with Crippen molar-refractivity contribution in [2.75, 3.05) is 44.2 Å². The Morgan fingerprint density at radius 2 is 1.62 bits per heavy atom. The number of piperidine rings is 1. The van der Waals surface area contributed by atoms with E-state index in [2.05, 4.69) is 14.8 Å². The number of imide groups is 2. The van der Waals surface area contributed by atoms with Crippen LogP contribution in [0.2, 0.25) is 5.02 Å². The number of piperazine rings is 1. The minimum atomic E-state index is -1.15. The lowest BCUT2D eigenvalue weighted by molar-refractivity contribution is -0.216. The van der Waals surface area contributed by atoms with E-state index >= 15 is 0 Å². The summed E-state index contributed by atoms with van der Waals surface area (Å²) in [7, 11) is 0. The van der Waals surface area contributed by atoms with E-state index < -0.39 is 52.6 Å². The molecule has 14 nitrogen and oxygen atoms in total. The van der Waals surface area contributed by atoms with Crippen molar-refractivity contribution in [1.82, 2.24) is 19.7 Å². The number of carbonyl (C=O) groups excluding carboxylic acids is 5. The third-order valence-corrected chi connectivity index (χ3v) is 11.7. The zero-order valence-electron chi connectivity index (χ0n) is 31.1. The molecule has 1 atom stereocenters. The van der Waals surface area contributed by atoms with Gasteiger partial charge in [-0.2, -0.15) is 5.26 Å². The highest BCUT2D eigenvalue weighted by molar-refractivity contribution is 6.31. The van der Waals surface area contributed by atoms with E-state index in [-0.39, 0.29) is 34.9 Å². The summed E-state index contributed by atoms with van der Waals surface area (Å²) in [4.78, 5) is 77.7. The standard InChI is InChI=1S/C40H42ClN7O7/c1-39(2)37(40(3,4)38(39)55-26-7-5-23(21-42)29(41)20-26)48-32(49)12-10-30(36(48)53)47-34(51)27-9-8-25(19-28(27)35(47)52)54-18-17-45-13-15-46(16-14-45)31-11-6-24(22-44-31)33(43)50/h5-9,11,19-20,22,30,37-38H,10,12-18H2,1-4H3,(H2,43,50). The molecule has 4 heterocycles. The van der Waals surface area contributed by atoms with Gasteiger partial charge in [-0.3, -0.25) is 38.7 Å². The van der Waals surface area contributed by atoms with Gasteiger partial charge in [-0.05, 0) is 48.9 Å². The number of hydrogen-bond donors (Lipinski definition) is 1. The van der Waals surface area contributed by atoms with Crippen LogP contribution in [0.25, 0.3) is 0 Å². The Morgan fingerprint density at radius 1 is 0.927 bits per heavy atom. The van der Waals surface area contributed by atoms with Crippen molar-refractivity contribution in [1.29, 1.82) is 5.26 Å². The van der Waals surface area contributed by atoms with Crippen LogP contribution in [0.4, 0.5) is 5.82 Å². The van der Waals surface area contributed by atoms with Gasteiger partial charge in [-0.1, -0.05) is 39.3 Å². The molecule has 2 aromatic carbocycles. The lowest BCUT2D eigenvalue weighted by atomic mass is 9.48. The fourth-order valence-electron chi connectivity index (χ4n) is 9.00. The lowest BCUT2D eigenvalue weighted by Crippen LogP contribution is -2.77. The largest absolute Gasteiger partial charge is 0.492 e. The molecule has 5 amide bonds. The smallest absolute Gasteiger partial charge is 0.262 e. The fraction of sp³-hybridized carbons (Fsp3) is 0.425. The van der Waals surface area contributed by atoms with Gasteiger partial charge < -0.3 is 20.1 Å². The number of primary amides is 1. The molecular weight excluding hydrogens is 726 g/mol. The Labute approximate surface area is 323 Å². The van der Waals surface area contributed by atoms with Crippen LogP contribution >= 0.6 is 11.6 Å². The summed E-state index contributed by atoms with van der Waals surface area (Å²) in [6.07, 6.45) is 1.06.